The molecule has 1 aliphatic carbocycles. The van der Waals surface area contributed by atoms with E-state index in [1.54, 1.807) is 6.92 Å². The summed E-state index contributed by atoms with van der Waals surface area (Å²) < 4.78 is 22.8. The number of carbonyl (C=O) groups excluding carboxylic acids is 1. The lowest BCUT2D eigenvalue weighted by molar-refractivity contribution is 0.0932. The van der Waals surface area contributed by atoms with Crippen molar-refractivity contribution in [2.75, 3.05) is 6.54 Å². The van der Waals surface area contributed by atoms with E-state index in [9.17, 15) is 13.2 Å². The molecule has 0 radical (unpaired) electrons. The Hall–Kier alpha value is -0.920. The minimum Gasteiger partial charge on any atom is -0.351 e. The highest BCUT2D eigenvalue weighted by Crippen LogP contribution is 2.40. The molecule has 1 aromatic rings. The van der Waals surface area contributed by atoms with Crippen molar-refractivity contribution in [1.29, 1.82) is 0 Å². The van der Waals surface area contributed by atoms with E-state index in [0.29, 0.717) is 16.3 Å². The molecular weight excluding hydrogens is 308 g/mol. The average Bonchev–Trinajstić information content (AvgIpc) is 3.02. The second kappa shape index (κ2) is 6.06. The third-order valence-electron chi connectivity index (χ3n) is 4.44. The van der Waals surface area contributed by atoms with Crippen molar-refractivity contribution >= 4 is 27.3 Å². The minimum atomic E-state index is -3.76. The van der Waals surface area contributed by atoms with Gasteiger partial charge in [0.1, 0.15) is 0 Å². The van der Waals surface area contributed by atoms with E-state index < -0.39 is 10.0 Å². The van der Waals surface area contributed by atoms with E-state index in [2.05, 4.69) is 12.2 Å². The molecule has 1 fully saturated rings. The first kappa shape index (κ1) is 16.5. The number of nitrogens with one attached hydrogen (secondary N) is 1. The Morgan fingerprint density at radius 2 is 2.05 bits per heavy atom. The molecular formula is C14H22N2O3S2. The molecule has 5 nitrogen and oxygen atoms in total. The normalized spacial score (nSPS) is 17.9. The predicted molar refractivity (Wildman–Crippen MR) is 84.0 cm³/mol. The van der Waals surface area contributed by atoms with Gasteiger partial charge in [-0.1, -0.05) is 19.8 Å². The highest BCUT2D eigenvalue weighted by molar-refractivity contribution is 7.89. The van der Waals surface area contributed by atoms with Crippen LogP contribution in [-0.2, 0) is 10.0 Å². The second-order valence-corrected chi connectivity index (χ2v) is 8.61. The molecule has 118 valence electrons. The molecule has 0 spiro atoms. The molecule has 0 aromatic carbocycles. The van der Waals surface area contributed by atoms with Gasteiger partial charge in [-0.2, -0.15) is 0 Å². The summed E-state index contributed by atoms with van der Waals surface area (Å²) in [6.07, 6.45) is 5.79. The smallest absolute Gasteiger partial charge is 0.261 e. The van der Waals surface area contributed by atoms with Crippen molar-refractivity contribution in [3.05, 3.63) is 15.8 Å². The van der Waals surface area contributed by atoms with Gasteiger partial charge in [-0.15, -0.1) is 11.3 Å². The SMILES string of the molecule is CCC1(CNC(=O)c2cc(S(N)(=O)=O)c(C)s2)CCCC1. The summed E-state index contributed by atoms with van der Waals surface area (Å²) in [5.74, 6) is -0.210. The third kappa shape index (κ3) is 3.64. The summed E-state index contributed by atoms with van der Waals surface area (Å²) >= 11 is 1.17. The summed E-state index contributed by atoms with van der Waals surface area (Å²) in [5, 5.41) is 8.09. The topological polar surface area (TPSA) is 89.3 Å². The molecule has 0 atom stereocenters. The Kier molecular flexibility index (Phi) is 4.75. The standard InChI is InChI=1S/C14H22N2O3S2/c1-3-14(6-4-5-7-14)9-16-13(17)11-8-12(10(2)20-11)21(15,18)19/h8H,3-7,9H2,1-2H3,(H,16,17)(H2,15,18,19). The van der Waals surface area contributed by atoms with Gasteiger partial charge in [0.25, 0.3) is 5.91 Å². The van der Waals surface area contributed by atoms with E-state index in [1.165, 1.54) is 30.2 Å². The fourth-order valence-electron chi connectivity index (χ4n) is 2.99. The molecule has 0 bridgehead atoms. The third-order valence-corrected chi connectivity index (χ3v) is 6.66. The maximum absolute atomic E-state index is 12.2. The number of hydrogen-bond donors (Lipinski definition) is 2. The van der Waals surface area contributed by atoms with Gasteiger partial charge < -0.3 is 5.32 Å². The van der Waals surface area contributed by atoms with Crippen LogP contribution < -0.4 is 10.5 Å². The number of carbonyl (C=O) groups is 1. The highest BCUT2D eigenvalue weighted by atomic mass is 32.2. The monoisotopic (exact) mass is 330 g/mol. The summed E-state index contributed by atoms with van der Waals surface area (Å²) in [6.45, 7) is 4.47. The van der Waals surface area contributed by atoms with Crippen LogP contribution in [0.15, 0.2) is 11.0 Å². The average molecular weight is 330 g/mol. The zero-order chi connectivity index (χ0) is 15.7. The fraction of sp³-hybridized carbons (Fsp3) is 0.643. The van der Waals surface area contributed by atoms with E-state index >= 15 is 0 Å². The number of hydrogen-bond acceptors (Lipinski definition) is 4. The van der Waals surface area contributed by atoms with Crippen molar-refractivity contribution in [3.63, 3.8) is 0 Å². The molecule has 1 saturated carbocycles. The number of sulfonamides is 1. The number of amides is 1. The van der Waals surface area contributed by atoms with E-state index in [-0.39, 0.29) is 16.2 Å². The van der Waals surface area contributed by atoms with Gasteiger partial charge in [0.2, 0.25) is 10.0 Å². The van der Waals surface area contributed by atoms with Gasteiger partial charge in [0.15, 0.2) is 0 Å². The van der Waals surface area contributed by atoms with Crippen molar-refractivity contribution in [1.82, 2.24) is 5.32 Å². The van der Waals surface area contributed by atoms with Crippen molar-refractivity contribution in [2.45, 2.75) is 50.8 Å². The van der Waals surface area contributed by atoms with Crippen LogP contribution in [0.4, 0.5) is 0 Å². The quantitative estimate of drug-likeness (QED) is 0.868. The fourth-order valence-corrected chi connectivity index (χ4v) is 5.06. The molecule has 21 heavy (non-hydrogen) atoms. The van der Waals surface area contributed by atoms with Crippen molar-refractivity contribution < 1.29 is 13.2 Å². The summed E-state index contributed by atoms with van der Waals surface area (Å²) in [5.41, 5.74) is 0.213. The first-order valence-electron chi connectivity index (χ1n) is 7.19. The van der Waals surface area contributed by atoms with Crippen LogP contribution in [-0.4, -0.2) is 20.9 Å². The van der Waals surface area contributed by atoms with Crippen LogP contribution in [0.5, 0.6) is 0 Å². The molecule has 1 heterocycles. The zero-order valence-corrected chi connectivity index (χ0v) is 14.1. The summed E-state index contributed by atoms with van der Waals surface area (Å²) in [4.78, 5) is 13.2. The van der Waals surface area contributed by atoms with Gasteiger partial charge in [-0.3, -0.25) is 4.79 Å². The molecule has 0 saturated heterocycles. The Balaban J connectivity index is 2.07. The number of nitrogens with two attached hydrogens (primary N) is 1. The van der Waals surface area contributed by atoms with Gasteiger partial charge in [0, 0.05) is 11.4 Å². The van der Waals surface area contributed by atoms with Crippen LogP contribution in [0.25, 0.3) is 0 Å². The Bertz CT molecular complexity index is 629. The van der Waals surface area contributed by atoms with Gasteiger partial charge in [-0.05, 0) is 37.7 Å². The number of rotatable bonds is 5. The van der Waals surface area contributed by atoms with Crippen LogP contribution in [0.2, 0.25) is 0 Å². The van der Waals surface area contributed by atoms with Gasteiger partial charge in [-0.25, -0.2) is 13.6 Å². The van der Waals surface area contributed by atoms with Gasteiger partial charge in [0.05, 0.1) is 9.77 Å². The lowest BCUT2D eigenvalue weighted by Crippen LogP contribution is -2.35. The number of primary sulfonamides is 1. The second-order valence-electron chi connectivity index (χ2n) is 5.82. The molecule has 0 unspecified atom stereocenters. The first-order valence-corrected chi connectivity index (χ1v) is 9.55. The number of thiophene rings is 1. The minimum absolute atomic E-state index is 0.0451. The summed E-state index contributed by atoms with van der Waals surface area (Å²) in [7, 11) is -3.76. The van der Waals surface area contributed by atoms with Crippen LogP contribution in [0.3, 0.4) is 0 Å². The molecule has 0 aliphatic heterocycles. The summed E-state index contributed by atoms with van der Waals surface area (Å²) in [6, 6.07) is 1.37. The molecule has 1 aliphatic rings. The van der Waals surface area contributed by atoms with Gasteiger partial charge >= 0.3 is 0 Å². The molecule has 2 rings (SSSR count). The Morgan fingerprint density at radius 1 is 1.43 bits per heavy atom. The first-order chi connectivity index (χ1) is 9.77. The highest BCUT2D eigenvalue weighted by Gasteiger charge is 2.32. The Labute approximate surface area is 130 Å². The number of aryl methyl sites for hydroxylation is 1. The van der Waals surface area contributed by atoms with Crippen molar-refractivity contribution in [3.8, 4) is 0 Å². The van der Waals surface area contributed by atoms with Crippen LogP contribution in [0.1, 0.15) is 53.6 Å². The predicted octanol–water partition coefficient (Wildman–Crippen LogP) is 2.40. The molecule has 3 N–H and O–H groups in total. The van der Waals surface area contributed by atoms with Crippen LogP contribution >= 0.6 is 11.3 Å². The maximum atomic E-state index is 12.2. The van der Waals surface area contributed by atoms with E-state index in [4.69, 9.17) is 5.14 Å². The van der Waals surface area contributed by atoms with E-state index in [0.717, 1.165) is 19.3 Å². The molecule has 1 aromatic heterocycles. The lowest BCUT2D eigenvalue weighted by atomic mass is 9.83. The van der Waals surface area contributed by atoms with Crippen molar-refractivity contribution in [2.24, 2.45) is 10.6 Å². The largest absolute Gasteiger partial charge is 0.351 e. The maximum Gasteiger partial charge on any atom is 0.261 e. The van der Waals surface area contributed by atoms with E-state index in [1.807, 2.05) is 0 Å². The van der Waals surface area contributed by atoms with Crippen LogP contribution in [0, 0.1) is 12.3 Å². The molecule has 1 amide bonds. The lowest BCUT2D eigenvalue weighted by Gasteiger charge is -2.27. The molecule has 7 heteroatoms. The Morgan fingerprint density at radius 3 is 2.52 bits per heavy atom. The zero-order valence-electron chi connectivity index (χ0n) is 12.4.